The van der Waals surface area contributed by atoms with Crippen molar-refractivity contribution < 1.29 is 9.15 Å². The van der Waals surface area contributed by atoms with Crippen molar-refractivity contribution in [3.63, 3.8) is 0 Å². The van der Waals surface area contributed by atoms with Crippen molar-refractivity contribution in [3.05, 3.63) is 40.8 Å². The molecule has 8 heteroatoms. The summed E-state index contributed by atoms with van der Waals surface area (Å²) in [6.07, 6.45) is 0.812. The van der Waals surface area contributed by atoms with Gasteiger partial charge in [0.25, 0.3) is 0 Å². The van der Waals surface area contributed by atoms with Crippen LogP contribution in [0.3, 0.4) is 0 Å². The molecule has 3 aromatic rings. The molecular formula is C14H14N4O3S. The van der Waals surface area contributed by atoms with E-state index in [1.807, 2.05) is 18.2 Å². The molecule has 0 N–H and O–H groups in total. The van der Waals surface area contributed by atoms with E-state index in [1.165, 1.54) is 6.07 Å². The van der Waals surface area contributed by atoms with Gasteiger partial charge in [0, 0.05) is 12.8 Å². The molecule has 0 unspecified atom stereocenters. The van der Waals surface area contributed by atoms with Gasteiger partial charge in [0.2, 0.25) is 5.16 Å². The fraction of sp³-hybridized carbons (Fsp3) is 0.286. The molecule has 2 aromatic heterocycles. The number of aromatic nitrogens is 4. The van der Waals surface area contributed by atoms with Gasteiger partial charge in [-0.15, -0.1) is 5.10 Å². The summed E-state index contributed by atoms with van der Waals surface area (Å²) in [7, 11) is 1.80. The van der Waals surface area contributed by atoms with E-state index in [0.29, 0.717) is 17.9 Å². The second-order valence-electron chi connectivity index (χ2n) is 4.56. The SMILES string of the molecule is Cn1nnnc1SCCCOc1cc(=O)oc2ccccc12. The number of nitrogens with zero attached hydrogens (tertiary/aromatic N) is 4. The average molecular weight is 318 g/mol. The predicted octanol–water partition coefficient (Wildman–Crippen LogP) is 1.88. The Bertz CT molecular complexity index is 830. The number of thioether (sulfide) groups is 1. The average Bonchev–Trinajstić information content (AvgIpc) is 2.92. The summed E-state index contributed by atoms with van der Waals surface area (Å²) >= 11 is 1.56. The first kappa shape index (κ1) is 14.6. The Balaban J connectivity index is 1.58. The molecule has 2 heterocycles. The van der Waals surface area contributed by atoms with Gasteiger partial charge in [-0.3, -0.25) is 0 Å². The number of benzene rings is 1. The fourth-order valence-corrected chi connectivity index (χ4v) is 2.71. The number of para-hydroxylation sites is 1. The monoisotopic (exact) mass is 318 g/mol. The summed E-state index contributed by atoms with van der Waals surface area (Å²) in [4.78, 5) is 11.5. The van der Waals surface area contributed by atoms with Crippen molar-refractivity contribution in [3.8, 4) is 5.75 Å². The minimum Gasteiger partial charge on any atom is -0.493 e. The lowest BCUT2D eigenvalue weighted by Crippen LogP contribution is -2.04. The molecule has 3 rings (SSSR count). The lowest BCUT2D eigenvalue weighted by molar-refractivity contribution is 0.319. The minimum absolute atomic E-state index is 0.409. The maximum absolute atomic E-state index is 11.5. The van der Waals surface area contributed by atoms with Crippen LogP contribution in [0.5, 0.6) is 5.75 Å². The highest BCUT2D eigenvalue weighted by Gasteiger charge is 2.06. The number of fused-ring (bicyclic) bond motifs is 1. The Morgan fingerprint density at radius 3 is 3.05 bits per heavy atom. The zero-order valence-electron chi connectivity index (χ0n) is 11.9. The molecule has 0 aliphatic heterocycles. The Morgan fingerprint density at radius 1 is 1.36 bits per heavy atom. The fourth-order valence-electron chi connectivity index (χ4n) is 1.95. The summed E-state index contributed by atoms with van der Waals surface area (Å²) in [6.45, 7) is 0.506. The highest BCUT2D eigenvalue weighted by Crippen LogP contribution is 2.23. The third kappa shape index (κ3) is 3.28. The Morgan fingerprint density at radius 2 is 2.23 bits per heavy atom. The van der Waals surface area contributed by atoms with Gasteiger partial charge < -0.3 is 9.15 Å². The van der Waals surface area contributed by atoms with Crippen LogP contribution in [0.4, 0.5) is 0 Å². The van der Waals surface area contributed by atoms with E-state index < -0.39 is 5.63 Å². The maximum Gasteiger partial charge on any atom is 0.339 e. The van der Waals surface area contributed by atoms with Crippen LogP contribution in [0, 0.1) is 0 Å². The number of ether oxygens (including phenoxy) is 1. The van der Waals surface area contributed by atoms with E-state index in [2.05, 4.69) is 15.5 Å². The van der Waals surface area contributed by atoms with Crippen molar-refractivity contribution in [1.29, 1.82) is 0 Å². The van der Waals surface area contributed by atoms with Crippen molar-refractivity contribution in [2.75, 3.05) is 12.4 Å². The van der Waals surface area contributed by atoms with Crippen molar-refractivity contribution >= 4 is 22.7 Å². The van der Waals surface area contributed by atoms with Crippen LogP contribution in [0.2, 0.25) is 0 Å². The zero-order chi connectivity index (χ0) is 15.4. The molecule has 0 aliphatic rings. The maximum atomic E-state index is 11.5. The third-order valence-corrected chi connectivity index (χ3v) is 4.07. The third-order valence-electron chi connectivity index (χ3n) is 2.97. The van der Waals surface area contributed by atoms with Crippen LogP contribution in [-0.2, 0) is 7.05 Å². The van der Waals surface area contributed by atoms with Crippen molar-refractivity contribution in [2.45, 2.75) is 11.6 Å². The lowest BCUT2D eigenvalue weighted by Gasteiger charge is -2.07. The number of rotatable bonds is 6. The van der Waals surface area contributed by atoms with Gasteiger partial charge in [-0.1, -0.05) is 23.9 Å². The summed E-state index contributed by atoms with van der Waals surface area (Å²) in [5.74, 6) is 1.38. The second kappa shape index (κ2) is 6.61. The number of hydrogen-bond acceptors (Lipinski definition) is 7. The summed E-state index contributed by atoms with van der Waals surface area (Å²) < 4.78 is 12.5. The molecule has 0 saturated carbocycles. The first-order valence-corrected chi connectivity index (χ1v) is 7.73. The topological polar surface area (TPSA) is 83.0 Å². The Hall–Kier alpha value is -2.35. The van der Waals surface area contributed by atoms with Gasteiger partial charge in [0.15, 0.2) is 0 Å². The van der Waals surface area contributed by atoms with Crippen LogP contribution in [0.25, 0.3) is 11.0 Å². The number of hydrogen-bond donors (Lipinski definition) is 0. The van der Waals surface area contributed by atoms with E-state index in [0.717, 1.165) is 22.7 Å². The van der Waals surface area contributed by atoms with E-state index >= 15 is 0 Å². The van der Waals surface area contributed by atoms with Gasteiger partial charge in [-0.25, -0.2) is 9.48 Å². The van der Waals surface area contributed by atoms with Gasteiger partial charge in [-0.2, -0.15) is 0 Å². The molecule has 0 atom stereocenters. The molecule has 0 amide bonds. The Labute approximate surface area is 130 Å². The molecule has 0 saturated heterocycles. The van der Waals surface area contributed by atoms with Gasteiger partial charge >= 0.3 is 5.63 Å². The quantitative estimate of drug-likeness (QED) is 0.390. The highest BCUT2D eigenvalue weighted by molar-refractivity contribution is 7.99. The van der Waals surface area contributed by atoms with E-state index in [1.54, 1.807) is 29.6 Å². The van der Waals surface area contributed by atoms with Crippen molar-refractivity contribution in [2.24, 2.45) is 7.05 Å². The normalized spacial score (nSPS) is 11.0. The molecule has 0 radical (unpaired) electrons. The summed E-state index contributed by atoms with van der Waals surface area (Å²) in [5, 5.41) is 12.8. The molecule has 114 valence electrons. The highest BCUT2D eigenvalue weighted by atomic mass is 32.2. The Kier molecular flexibility index (Phi) is 4.38. The van der Waals surface area contributed by atoms with Crippen LogP contribution >= 0.6 is 11.8 Å². The van der Waals surface area contributed by atoms with Gasteiger partial charge in [0.05, 0.1) is 18.1 Å². The van der Waals surface area contributed by atoms with Crippen LogP contribution in [0.1, 0.15) is 6.42 Å². The molecule has 0 spiro atoms. The standard InChI is InChI=1S/C14H14N4O3S/c1-18-14(15-16-17-18)22-8-4-7-20-12-9-13(19)21-11-6-3-2-5-10(11)12/h2-3,5-6,9H,4,7-8H2,1H3. The lowest BCUT2D eigenvalue weighted by atomic mass is 10.2. The first-order chi connectivity index (χ1) is 10.7. The van der Waals surface area contributed by atoms with E-state index in [4.69, 9.17) is 9.15 Å². The summed E-state index contributed by atoms with van der Waals surface area (Å²) in [5.41, 5.74) is 0.123. The molecular weight excluding hydrogens is 304 g/mol. The predicted molar refractivity (Wildman–Crippen MR) is 82.1 cm³/mol. The molecule has 0 bridgehead atoms. The molecule has 0 aliphatic carbocycles. The number of aryl methyl sites for hydroxylation is 1. The molecule has 7 nitrogen and oxygen atoms in total. The van der Waals surface area contributed by atoms with E-state index in [9.17, 15) is 4.79 Å². The first-order valence-electron chi connectivity index (χ1n) is 6.75. The molecule has 22 heavy (non-hydrogen) atoms. The smallest absolute Gasteiger partial charge is 0.339 e. The van der Waals surface area contributed by atoms with Crippen LogP contribution in [0.15, 0.2) is 44.7 Å². The van der Waals surface area contributed by atoms with Crippen LogP contribution in [-0.4, -0.2) is 32.6 Å². The summed E-state index contributed by atoms with van der Waals surface area (Å²) in [6, 6.07) is 8.70. The van der Waals surface area contributed by atoms with Gasteiger partial charge in [-0.05, 0) is 29.0 Å². The second-order valence-corrected chi connectivity index (χ2v) is 5.62. The van der Waals surface area contributed by atoms with E-state index in [-0.39, 0.29) is 0 Å². The molecule has 1 aromatic carbocycles. The minimum atomic E-state index is -0.409. The zero-order valence-corrected chi connectivity index (χ0v) is 12.7. The number of tetrazole rings is 1. The van der Waals surface area contributed by atoms with Crippen LogP contribution < -0.4 is 10.4 Å². The van der Waals surface area contributed by atoms with Crippen molar-refractivity contribution in [1.82, 2.24) is 20.2 Å². The molecule has 0 fully saturated rings. The van der Waals surface area contributed by atoms with Gasteiger partial charge in [0.1, 0.15) is 11.3 Å². The largest absolute Gasteiger partial charge is 0.493 e.